The fraction of sp³-hybridized carbons (Fsp3) is 0.588. The van der Waals surface area contributed by atoms with E-state index in [0.29, 0.717) is 25.1 Å². The smallest absolute Gasteiger partial charge is 0.243 e. The maximum Gasteiger partial charge on any atom is 0.243 e. The summed E-state index contributed by atoms with van der Waals surface area (Å²) in [6.07, 6.45) is 2.66. The normalized spacial score (nSPS) is 29.0. The van der Waals surface area contributed by atoms with Crippen molar-refractivity contribution in [1.82, 2.24) is 9.21 Å². The maximum atomic E-state index is 12.9. The van der Waals surface area contributed by atoms with Crippen molar-refractivity contribution in [2.45, 2.75) is 30.2 Å². The number of benzene rings is 1. The summed E-state index contributed by atoms with van der Waals surface area (Å²) < 4.78 is 27.4. The van der Waals surface area contributed by atoms with Gasteiger partial charge in [-0.3, -0.25) is 0 Å². The number of likely N-dealkylation sites (N-methyl/N-ethyl adjacent to an activating group) is 1. The van der Waals surface area contributed by atoms with E-state index in [1.807, 2.05) is 13.1 Å². The van der Waals surface area contributed by atoms with Crippen LogP contribution in [0, 0.1) is 16.7 Å². The van der Waals surface area contributed by atoms with Gasteiger partial charge in [0.2, 0.25) is 10.0 Å². The second kappa shape index (κ2) is 6.45. The van der Waals surface area contributed by atoms with Crippen LogP contribution >= 0.6 is 0 Å². The van der Waals surface area contributed by atoms with E-state index in [1.54, 1.807) is 0 Å². The van der Waals surface area contributed by atoms with Crippen LogP contribution in [0.3, 0.4) is 0 Å². The Hall–Kier alpha value is -1.46. The van der Waals surface area contributed by atoms with Gasteiger partial charge < -0.3 is 10.0 Å². The Morgan fingerprint density at radius 2 is 2.00 bits per heavy atom. The predicted octanol–water partition coefficient (Wildman–Crippen LogP) is 1.03. The summed E-state index contributed by atoms with van der Waals surface area (Å²) >= 11 is 0. The lowest BCUT2D eigenvalue weighted by atomic mass is 9.69. The third kappa shape index (κ3) is 2.84. The van der Waals surface area contributed by atoms with Gasteiger partial charge in [-0.25, -0.2) is 8.42 Å². The predicted molar refractivity (Wildman–Crippen MR) is 89.7 cm³/mol. The molecule has 0 saturated carbocycles. The quantitative estimate of drug-likeness (QED) is 0.881. The molecule has 2 saturated heterocycles. The van der Waals surface area contributed by atoms with Crippen molar-refractivity contribution in [2.75, 3.05) is 33.3 Å². The summed E-state index contributed by atoms with van der Waals surface area (Å²) in [6, 6.07) is 8.08. The zero-order valence-electron chi connectivity index (χ0n) is 13.9. The lowest BCUT2D eigenvalue weighted by Crippen LogP contribution is -2.62. The number of nitriles is 1. The highest BCUT2D eigenvalue weighted by Crippen LogP contribution is 2.42. The number of hydrogen-bond acceptors (Lipinski definition) is 5. The monoisotopic (exact) mass is 349 g/mol. The van der Waals surface area contributed by atoms with E-state index in [1.165, 1.54) is 28.6 Å². The van der Waals surface area contributed by atoms with E-state index in [2.05, 4.69) is 4.90 Å². The number of hydrogen-bond donors (Lipinski definition) is 1. The van der Waals surface area contributed by atoms with Crippen LogP contribution in [0.4, 0.5) is 0 Å². The molecule has 0 spiro atoms. The van der Waals surface area contributed by atoms with Crippen LogP contribution in [0.25, 0.3) is 0 Å². The first-order valence-corrected chi connectivity index (χ1v) is 9.68. The van der Waals surface area contributed by atoms with E-state index < -0.39 is 10.0 Å². The van der Waals surface area contributed by atoms with Crippen molar-refractivity contribution >= 4 is 10.0 Å². The Morgan fingerprint density at radius 1 is 1.29 bits per heavy atom. The third-order valence-electron chi connectivity index (χ3n) is 5.60. The molecule has 2 heterocycles. The number of sulfonamides is 1. The molecule has 0 aromatic heterocycles. The topological polar surface area (TPSA) is 84.6 Å². The average molecular weight is 349 g/mol. The number of nitrogens with zero attached hydrogens (tertiary/aromatic N) is 3. The summed E-state index contributed by atoms with van der Waals surface area (Å²) in [5.41, 5.74) is 0.253. The van der Waals surface area contributed by atoms with E-state index in [4.69, 9.17) is 5.26 Å². The van der Waals surface area contributed by atoms with Gasteiger partial charge in [0.25, 0.3) is 0 Å². The summed E-state index contributed by atoms with van der Waals surface area (Å²) in [7, 11) is -1.57. The number of aliphatic hydroxyl groups is 1. The van der Waals surface area contributed by atoms with Crippen molar-refractivity contribution in [1.29, 1.82) is 5.26 Å². The number of piperidine rings is 2. The van der Waals surface area contributed by atoms with E-state index in [-0.39, 0.29) is 23.0 Å². The van der Waals surface area contributed by atoms with Crippen molar-refractivity contribution in [3.63, 3.8) is 0 Å². The van der Waals surface area contributed by atoms with Crippen molar-refractivity contribution in [2.24, 2.45) is 5.41 Å². The van der Waals surface area contributed by atoms with Crippen molar-refractivity contribution in [3.05, 3.63) is 29.8 Å². The van der Waals surface area contributed by atoms with Gasteiger partial charge in [0, 0.05) is 24.5 Å². The Kier molecular flexibility index (Phi) is 4.67. The molecular weight excluding hydrogens is 326 g/mol. The molecule has 24 heavy (non-hydrogen) atoms. The van der Waals surface area contributed by atoms with Crippen LogP contribution < -0.4 is 0 Å². The van der Waals surface area contributed by atoms with Gasteiger partial charge in [0.15, 0.2) is 0 Å². The Balaban J connectivity index is 1.86. The molecule has 7 heteroatoms. The zero-order chi connectivity index (χ0) is 17.4. The fourth-order valence-electron chi connectivity index (χ4n) is 4.06. The molecule has 1 aromatic rings. The van der Waals surface area contributed by atoms with Gasteiger partial charge >= 0.3 is 0 Å². The molecule has 1 N–H and O–H groups in total. The molecule has 0 amide bonds. The van der Waals surface area contributed by atoms with Gasteiger partial charge in [-0.1, -0.05) is 0 Å². The number of aliphatic hydroxyl groups excluding tert-OH is 1. The highest BCUT2D eigenvalue weighted by molar-refractivity contribution is 7.89. The fourth-order valence-corrected chi connectivity index (χ4v) is 5.51. The first-order chi connectivity index (χ1) is 11.4. The molecule has 0 aliphatic carbocycles. The Labute approximate surface area is 143 Å². The van der Waals surface area contributed by atoms with Crippen LogP contribution in [-0.2, 0) is 10.0 Å². The van der Waals surface area contributed by atoms with Crippen LogP contribution in [0.2, 0.25) is 0 Å². The molecule has 1 aromatic carbocycles. The highest BCUT2D eigenvalue weighted by Gasteiger charge is 2.48. The van der Waals surface area contributed by atoms with Gasteiger partial charge in [-0.2, -0.15) is 9.57 Å². The largest absolute Gasteiger partial charge is 0.396 e. The summed E-state index contributed by atoms with van der Waals surface area (Å²) in [5.74, 6) is 0. The number of rotatable bonds is 3. The third-order valence-corrected chi connectivity index (χ3v) is 7.48. The lowest BCUT2D eigenvalue weighted by molar-refractivity contribution is -0.0508. The Bertz CT molecular complexity index is 741. The average Bonchev–Trinajstić information content (AvgIpc) is 2.61. The van der Waals surface area contributed by atoms with Gasteiger partial charge in [-0.05, 0) is 57.1 Å². The van der Waals surface area contributed by atoms with Crippen molar-refractivity contribution < 1.29 is 13.5 Å². The SMILES string of the molecule is CN1CCC[C@]2(CO)CCN(S(=O)(=O)c3ccc(C#N)cc3)C[C@@H]12. The van der Waals surface area contributed by atoms with Gasteiger partial charge in [0.05, 0.1) is 23.1 Å². The first kappa shape index (κ1) is 17.4. The van der Waals surface area contributed by atoms with Crippen molar-refractivity contribution in [3.8, 4) is 6.07 Å². The first-order valence-electron chi connectivity index (χ1n) is 8.24. The summed E-state index contributed by atoms with van der Waals surface area (Å²) in [4.78, 5) is 2.40. The van der Waals surface area contributed by atoms with Crippen LogP contribution in [0.15, 0.2) is 29.2 Å². The molecule has 2 aliphatic rings. The van der Waals surface area contributed by atoms with Gasteiger partial charge in [0.1, 0.15) is 0 Å². The van der Waals surface area contributed by atoms with E-state index in [0.717, 1.165) is 19.4 Å². The van der Waals surface area contributed by atoms with Crippen LogP contribution in [0.1, 0.15) is 24.8 Å². The molecular formula is C17H23N3O3S. The molecule has 130 valence electrons. The number of likely N-dealkylation sites (tertiary alicyclic amines) is 1. The van der Waals surface area contributed by atoms with Crippen LogP contribution in [-0.4, -0.2) is 62.1 Å². The van der Waals surface area contributed by atoms with E-state index >= 15 is 0 Å². The standard InChI is InChI=1S/C17H23N3O3S/c1-19-9-2-7-17(13-21)8-10-20(12-16(17)19)24(22,23)15-5-3-14(11-18)4-6-15/h3-6,16,21H,2,7-10,12-13H2,1H3/t16-,17-/m1/s1. The molecule has 0 unspecified atom stereocenters. The van der Waals surface area contributed by atoms with Gasteiger partial charge in [-0.15, -0.1) is 0 Å². The summed E-state index contributed by atoms with van der Waals surface area (Å²) in [6.45, 7) is 1.86. The highest BCUT2D eigenvalue weighted by atomic mass is 32.2. The molecule has 2 fully saturated rings. The minimum Gasteiger partial charge on any atom is -0.396 e. The van der Waals surface area contributed by atoms with E-state index in [9.17, 15) is 13.5 Å². The lowest BCUT2D eigenvalue weighted by Gasteiger charge is -2.53. The molecule has 0 radical (unpaired) electrons. The Morgan fingerprint density at radius 3 is 2.62 bits per heavy atom. The van der Waals surface area contributed by atoms with Crippen LogP contribution in [0.5, 0.6) is 0 Å². The molecule has 2 aliphatic heterocycles. The second-order valence-electron chi connectivity index (χ2n) is 6.87. The number of fused-ring (bicyclic) bond motifs is 1. The molecule has 2 atom stereocenters. The molecule has 3 rings (SSSR count). The second-order valence-corrected chi connectivity index (χ2v) is 8.81. The minimum atomic E-state index is -3.58. The maximum absolute atomic E-state index is 12.9. The summed E-state index contributed by atoms with van der Waals surface area (Å²) in [5, 5.41) is 18.8. The minimum absolute atomic E-state index is 0.0400. The zero-order valence-corrected chi connectivity index (χ0v) is 14.7. The molecule has 0 bridgehead atoms. The molecule has 6 nitrogen and oxygen atoms in total.